The van der Waals surface area contributed by atoms with E-state index in [1.165, 1.54) is 56.1 Å². The predicted octanol–water partition coefficient (Wildman–Crippen LogP) is 6.24. The van der Waals surface area contributed by atoms with Crippen molar-refractivity contribution in [3.05, 3.63) is 23.7 Å². The van der Waals surface area contributed by atoms with Gasteiger partial charge in [-0.3, -0.25) is 0 Å². The highest BCUT2D eigenvalue weighted by Crippen LogP contribution is 2.44. The molecule has 6 nitrogen and oxygen atoms in total. The van der Waals surface area contributed by atoms with E-state index >= 15 is 0 Å². The highest BCUT2D eigenvalue weighted by atomic mass is 16.6. The largest absolute Gasteiger partial charge is 0.444 e. The molecule has 0 bridgehead atoms. The molecule has 4 rings (SSSR count). The Morgan fingerprint density at radius 2 is 1.79 bits per heavy atom. The van der Waals surface area contributed by atoms with E-state index in [2.05, 4.69) is 41.7 Å². The summed E-state index contributed by atoms with van der Waals surface area (Å²) in [5.74, 6) is 2.78. The first kappa shape index (κ1) is 25.5. The van der Waals surface area contributed by atoms with Gasteiger partial charge in [0.2, 0.25) is 0 Å². The number of piperazine rings is 1. The molecule has 0 unspecified atom stereocenters. The maximum atomic E-state index is 12.3. The number of carbonyl (C=O) groups is 1. The summed E-state index contributed by atoms with van der Waals surface area (Å²) in [6, 6.07) is 0. The Balaban J connectivity index is 0.000000374. The van der Waals surface area contributed by atoms with Crippen molar-refractivity contribution in [2.45, 2.75) is 92.1 Å². The summed E-state index contributed by atoms with van der Waals surface area (Å²) in [5.41, 5.74) is 3.12. The van der Waals surface area contributed by atoms with E-state index < -0.39 is 5.60 Å². The third-order valence-electron chi connectivity index (χ3n) is 6.79. The van der Waals surface area contributed by atoms with E-state index in [4.69, 9.17) is 4.74 Å². The molecule has 0 aromatic carbocycles. The molecule has 0 spiro atoms. The van der Waals surface area contributed by atoms with E-state index in [1.807, 2.05) is 20.8 Å². The van der Waals surface area contributed by atoms with Gasteiger partial charge in [0.15, 0.2) is 0 Å². The first-order valence-electron chi connectivity index (χ1n) is 12.9. The number of nitrogens with zero attached hydrogens (tertiary/aromatic N) is 4. The Kier molecular flexibility index (Phi) is 8.77. The predicted molar refractivity (Wildman–Crippen MR) is 135 cm³/mol. The van der Waals surface area contributed by atoms with E-state index in [-0.39, 0.29) is 6.09 Å². The molecule has 6 heteroatoms. The number of ether oxygens (including phenoxy) is 1. The third kappa shape index (κ3) is 7.18. The van der Waals surface area contributed by atoms with Crippen LogP contribution in [0.15, 0.2) is 12.4 Å². The Bertz CT molecular complexity index is 814. The molecule has 1 aliphatic heterocycles. The van der Waals surface area contributed by atoms with Crippen molar-refractivity contribution in [1.82, 2.24) is 14.9 Å². The zero-order valence-corrected chi connectivity index (χ0v) is 21.7. The second-order valence-electron chi connectivity index (χ2n) is 10.7. The van der Waals surface area contributed by atoms with Gasteiger partial charge in [0.1, 0.15) is 17.7 Å². The molecule has 1 aromatic heterocycles. The maximum absolute atomic E-state index is 12.3. The van der Waals surface area contributed by atoms with Gasteiger partial charge in [0.05, 0.1) is 5.69 Å². The van der Waals surface area contributed by atoms with Gasteiger partial charge in [-0.15, -0.1) is 0 Å². The summed E-state index contributed by atoms with van der Waals surface area (Å²) in [6.07, 6.45) is 13.6. The lowest BCUT2D eigenvalue weighted by Crippen LogP contribution is -2.50. The summed E-state index contributed by atoms with van der Waals surface area (Å²) in [7, 11) is 0. The van der Waals surface area contributed by atoms with E-state index in [0.717, 1.165) is 30.5 Å². The SMILES string of the molecule is C/C=C(\c1c(C)ncnc1N1CCN(C(=O)OC(C)(C)C)CC1)C1CC1.CCCC1CCC1. The number of amides is 1. The smallest absolute Gasteiger partial charge is 0.410 e. The molecule has 2 heterocycles. The van der Waals surface area contributed by atoms with Crippen molar-refractivity contribution in [1.29, 1.82) is 0 Å². The quantitative estimate of drug-likeness (QED) is 0.525. The highest BCUT2D eigenvalue weighted by Gasteiger charge is 2.32. The van der Waals surface area contributed by atoms with Crippen molar-refractivity contribution in [3.8, 4) is 0 Å². The van der Waals surface area contributed by atoms with Crippen LogP contribution in [-0.4, -0.2) is 52.7 Å². The van der Waals surface area contributed by atoms with Crippen LogP contribution in [0.25, 0.3) is 5.57 Å². The van der Waals surface area contributed by atoms with Crippen LogP contribution in [-0.2, 0) is 4.74 Å². The number of aromatic nitrogens is 2. The van der Waals surface area contributed by atoms with Gasteiger partial charge in [-0.05, 0) is 64.9 Å². The van der Waals surface area contributed by atoms with Gasteiger partial charge < -0.3 is 14.5 Å². The van der Waals surface area contributed by atoms with Crippen molar-refractivity contribution in [2.75, 3.05) is 31.1 Å². The molecule has 184 valence electrons. The molecular formula is C27H44N4O2. The van der Waals surface area contributed by atoms with Gasteiger partial charge in [-0.2, -0.15) is 0 Å². The van der Waals surface area contributed by atoms with Crippen molar-refractivity contribution < 1.29 is 9.53 Å². The average molecular weight is 457 g/mol. The number of hydrogen-bond donors (Lipinski definition) is 0. The first-order chi connectivity index (χ1) is 15.7. The fourth-order valence-electron chi connectivity index (χ4n) is 4.63. The molecule has 3 fully saturated rings. The van der Waals surface area contributed by atoms with Crippen LogP contribution in [0.3, 0.4) is 0 Å². The van der Waals surface area contributed by atoms with Gasteiger partial charge in [-0.25, -0.2) is 14.8 Å². The normalized spacial score (nSPS) is 19.5. The fourth-order valence-corrected chi connectivity index (χ4v) is 4.63. The van der Waals surface area contributed by atoms with E-state index in [1.54, 1.807) is 11.2 Å². The summed E-state index contributed by atoms with van der Waals surface area (Å²) in [5, 5.41) is 0. The molecule has 1 amide bonds. The van der Waals surface area contributed by atoms with E-state index in [0.29, 0.717) is 19.0 Å². The number of rotatable bonds is 5. The first-order valence-corrected chi connectivity index (χ1v) is 12.9. The molecule has 3 aliphatic rings. The Morgan fingerprint density at radius 3 is 2.24 bits per heavy atom. The van der Waals surface area contributed by atoms with Gasteiger partial charge >= 0.3 is 6.09 Å². The molecular weight excluding hydrogens is 412 g/mol. The van der Waals surface area contributed by atoms with Gasteiger partial charge in [0, 0.05) is 31.7 Å². The summed E-state index contributed by atoms with van der Waals surface area (Å²) in [4.78, 5) is 25.4. The minimum absolute atomic E-state index is 0.233. The third-order valence-corrected chi connectivity index (χ3v) is 6.79. The van der Waals surface area contributed by atoms with Gasteiger partial charge in [0.25, 0.3) is 0 Å². The zero-order chi connectivity index (χ0) is 24.0. The molecule has 0 N–H and O–H groups in total. The standard InChI is InChI=1S/C20H30N4O2.C7H14/c1-6-16(15-7-8-15)17-14(2)21-13-22-18(17)23-9-11-24(12-10-23)19(25)26-20(3,4)5;1-2-4-7-5-3-6-7/h6,13,15H,7-12H2,1-5H3;7H,2-6H2,1H3/b16-6-;. The van der Waals surface area contributed by atoms with Crippen LogP contribution in [0.1, 0.15) is 90.8 Å². The van der Waals surface area contributed by atoms with Crippen LogP contribution < -0.4 is 4.90 Å². The van der Waals surface area contributed by atoms with Gasteiger partial charge in [-0.1, -0.05) is 45.1 Å². The Hall–Kier alpha value is -2.11. The lowest BCUT2D eigenvalue weighted by atomic mass is 9.82. The van der Waals surface area contributed by atoms with Crippen LogP contribution >= 0.6 is 0 Å². The summed E-state index contributed by atoms with van der Waals surface area (Å²) >= 11 is 0. The molecule has 1 saturated heterocycles. The number of anilines is 1. The Labute approximate surface area is 200 Å². The molecule has 2 saturated carbocycles. The number of carbonyl (C=O) groups excluding carboxylic acids is 1. The fraction of sp³-hybridized carbons (Fsp3) is 0.741. The maximum Gasteiger partial charge on any atom is 0.410 e. The molecule has 2 aliphatic carbocycles. The average Bonchev–Trinajstić information content (AvgIpc) is 3.57. The second kappa shape index (κ2) is 11.3. The molecule has 0 atom stereocenters. The number of hydrogen-bond acceptors (Lipinski definition) is 5. The topological polar surface area (TPSA) is 58.6 Å². The summed E-state index contributed by atoms with van der Waals surface area (Å²) in [6.45, 7) is 14.9. The number of allylic oxidation sites excluding steroid dienone is 2. The van der Waals surface area contributed by atoms with E-state index in [9.17, 15) is 4.79 Å². The van der Waals surface area contributed by atoms with Crippen LogP contribution in [0, 0.1) is 18.8 Å². The van der Waals surface area contributed by atoms with Crippen molar-refractivity contribution >= 4 is 17.5 Å². The second-order valence-corrected chi connectivity index (χ2v) is 10.7. The van der Waals surface area contributed by atoms with Crippen molar-refractivity contribution in [2.24, 2.45) is 11.8 Å². The van der Waals surface area contributed by atoms with Crippen LogP contribution in [0.2, 0.25) is 0 Å². The zero-order valence-electron chi connectivity index (χ0n) is 21.7. The molecule has 33 heavy (non-hydrogen) atoms. The lowest BCUT2D eigenvalue weighted by molar-refractivity contribution is 0.0240. The highest BCUT2D eigenvalue weighted by molar-refractivity contribution is 5.78. The summed E-state index contributed by atoms with van der Waals surface area (Å²) < 4.78 is 5.49. The Morgan fingerprint density at radius 1 is 1.12 bits per heavy atom. The number of aryl methyl sites for hydroxylation is 1. The minimum Gasteiger partial charge on any atom is -0.444 e. The molecule has 1 aromatic rings. The lowest BCUT2D eigenvalue weighted by Gasteiger charge is -2.37. The molecule has 0 radical (unpaired) electrons. The minimum atomic E-state index is -0.462. The van der Waals surface area contributed by atoms with Crippen molar-refractivity contribution in [3.63, 3.8) is 0 Å². The van der Waals surface area contributed by atoms with Crippen LogP contribution in [0.4, 0.5) is 10.6 Å². The monoisotopic (exact) mass is 456 g/mol. The van der Waals surface area contributed by atoms with Crippen LogP contribution in [0.5, 0.6) is 0 Å².